The van der Waals surface area contributed by atoms with Crippen molar-refractivity contribution in [1.29, 1.82) is 0 Å². The lowest BCUT2D eigenvalue weighted by atomic mass is 10.1. The molecular weight excluding hydrogens is 462 g/mol. The first-order valence-electron chi connectivity index (χ1n) is 10.8. The van der Waals surface area contributed by atoms with Crippen molar-refractivity contribution < 1.29 is 17.7 Å². The highest BCUT2D eigenvalue weighted by Crippen LogP contribution is 2.27. The smallest absolute Gasteiger partial charge is 0.223 e. The minimum Gasteiger partial charge on any atom is -0.368 e. The molecule has 0 spiro atoms. The Bertz CT molecular complexity index is 1260. The van der Waals surface area contributed by atoms with Gasteiger partial charge in [0.2, 0.25) is 5.91 Å². The van der Waals surface area contributed by atoms with Gasteiger partial charge in [-0.05, 0) is 43.7 Å². The van der Waals surface area contributed by atoms with Gasteiger partial charge in [0.25, 0.3) is 0 Å². The third kappa shape index (κ3) is 5.39. The minimum atomic E-state index is -3.64. The molecule has 33 heavy (non-hydrogen) atoms. The van der Waals surface area contributed by atoms with E-state index in [-0.39, 0.29) is 23.0 Å². The largest absolute Gasteiger partial charge is 0.368 e. The molecule has 3 aromatic rings. The molecule has 0 radical (unpaired) electrons. The maximum Gasteiger partial charge on any atom is 0.223 e. The zero-order chi connectivity index (χ0) is 23.6. The number of rotatable bonds is 6. The molecule has 9 heteroatoms. The summed E-state index contributed by atoms with van der Waals surface area (Å²) in [5.41, 5.74) is 3.02. The summed E-state index contributed by atoms with van der Waals surface area (Å²) in [6, 6.07) is 14.5. The molecular formula is C24H26ClN3O4S. The second-order valence-corrected chi connectivity index (χ2v) is 10.7. The van der Waals surface area contributed by atoms with Gasteiger partial charge in [-0.25, -0.2) is 8.42 Å². The number of sulfone groups is 1. The number of halogens is 1. The average molecular weight is 488 g/mol. The summed E-state index contributed by atoms with van der Waals surface area (Å²) >= 11 is 6.08. The van der Waals surface area contributed by atoms with E-state index in [1.54, 1.807) is 43.0 Å². The van der Waals surface area contributed by atoms with Crippen LogP contribution in [0.4, 0.5) is 5.69 Å². The first kappa shape index (κ1) is 23.3. The number of aromatic nitrogens is 1. The van der Waals surface area contributed by atoms with Gasteiger partial charge in [-0.1, -0.05) is 35.0 Å². The van der Waals surface area contributed by atoms with E-state index in [1.807, 2.05) is 24.3 Å². The van der Waals surface area contributed by atoms with Gasteiger partial charge >= 0.3 is 0 Å². The van der Waals surface area contributed by atoms with Gasteiger partial charge in [0.1, 0.15) is 0 Å². The van der Waals surface area contributed by atoms with Gasteiger partial charge in [0.05, 0.1) is 16.3 Å². The lowest BCUT2D eigenvalue weighted by molar-refractivity contribution is -0.131. The fourth-order valence-electron chi connectivity index (χ4n) is 3.96. The maximum absolute atomic E-state index is 13.1. The summed E-state index contributed by atoms with van der Waals surface area (Å²) in [7, 11) is -3.64. The summed E-state index contributed by atoms with van der Waals surface area (Å²) in [5.74, 6) is 0.127. The molecule has 1 fully saturated rings. The molecule has 174 valence electrons. The van der Waals surface area contributed by atoms with E-state index < -0.39 is 9.84 Å². The topological polar surface area (TPSA) is 83.7 Å². The molecule has 0 N–H and O–H groups in total. The SMILES string of the molecule is Cc1cc(-c2ccc(C)c(S(=O)(=O)CCC(=O)N3CCN(c4cccc(Cl)c4)CC3)c2)on1. The number of hydrogen-bond donors (Lipinski definition) is 0. The highest BCUT2D eigenvalue weighted by atomic mass is 35.5. The molecule has 2 aromatic carbocycles. The molecule has 1 amide bonds. The highest BCUT2D eigenvalue weighted by molar-refractivity contribution is 7.91. The van der Waals surface area contributed by atoms with Crippen LogP contribution in [0.15, 0.2) is 57.9 Å². The average Bonchev–Trinajstić information content (AvgIpc) is 3.24. The van der Waals surface area contributed by atoms with Crippen LogP contribution >= 0.6 is 11.6 Å². The summed E-state index contributed by atoms with van der Waals surface area (Å²) in [5, 5.41) is 4.54. The molecule has 2 heterocycles. The number of benzene rings is 2. The van der Waals surface area contributed by atoms with Crippen LogP contribution in [0.25, 0.3) is 11.3 Å². The van der Waals surface area contributed by atoms with Gasteiger partial charge in [-0.2, -0.15) is 0 Å². The molecule has 1 aromatic heterocycles. The Morgan fingerprint density at radius 2 is 1.82 bits per heavy atom. The van der Waals surface area contributed by atoms with Crippen molar-refractivity contribution in [3.05, 3.63) is 64.8 Å². The summed E-state index contributed by atoms with van der Waals surface area (Å²) in [6.45, 7) is 6.00. The lowest BCUT2D eigenvalue weighted by Crippen LogP contribution is -2.49. The van der Waals surface area contributed by atoms with Crippen molar-refractivity contribution in [3.8, 4) is 11.3 Å². The highest BCUT2D eigenvalue weighted by Gasteiger charge is 2.25. The van der Waals surface area contributed by atoms with Gasteiger partial charge in [-0.3, -0.25) is 4.79 Å². The number of amides is 1. The van der Waals surface area contributed by atoms with Crippen molar-refractivity contribution in [2.24, 2.45) is 0 Å². The number of aryl methyl sites for hydroxylation is 2. The lowest BCUT2D eigenvalue weighted by Gasteiger charge is -2.36. The molecule has 1 aliphatic heterocycles. The zero-order valence-electron chi connectivity index (χ0n) is 18.6. The number of nitrogens with zero attached hydrogens (tertiary/aromatic N) is 3. The van der Waals surface area contributed by atoms with Crippen molar-refractivity contribution in [2.75, 3.05) is 36.8 Å². The van der Waals surface area contributed by atoms with Crippen molar-refractivity contribution in [1.82, 2.24) is 10.1 Å². The number of anilines is 1. The first-order chi connectivity index (χ1) is 15.7. The van der Waals surface area contributed by atoms with Gasteiger partial charge in [0.15, 0.2) is 15.6 Å². The predicted octanol–water partition coefficient (Wildman–Crippen LogP) is 4.12. The monoisotopic (exact) mass is 487 g/mol. The van der Waals surface area contributed by atoms with E-state index in [4.69, 9.17) is 16.1 Å². The van der Waals surface area contributed by atoms with Crippen LogP contribution in [0, 0.1) is 13.8 Å². The third-order valence-electron chi connectivity index (χ3n) is 5.83. The second kappa shape index (κ2) is 9.57. The minimum absolute atomic E-state index is 0.0510. The van der Waals surface area contributed by atoms with Crippen LogP contribution < -0.4 is 4.90 Å². The molecule has 7 nitrogen and oxygen atoms in total. The Hall–Kier alpha value is -2.84. The normalized spacial score (nSPS) is 14.5. The first-order valence-corrected chi connectivity index (χ1v) is 12.8. The Balaban J connectivity index is 1.38. The molecule has 1 aliphatic rings. The van der Waals surface area contributed by atoms with Crippen LogP contribution in [0.3, 0.4) is 0 Å². The van der Waals surface area contributed by atoms with E-state index in [0.717, 1.165) is 11.4 Å². The van der Waals surface area contributed by atoms with Gasteiger partial charge in [0, 0.05) is 54.9 Å². The zero-order valence-corrected chi connectivity index (χ0v) is 20.2. The predicted molar refractivity (Wildman–Crippen MR) is 128 cm³/mol. The second-order valence-electron chi connectivity index (χ2n) is 8.23. The van der Waals surface area contributed by atoms with E-state index in [1.165, 1.54) is 0 Å². The fourth-order valence-corrected chi connectivity index (χ4v) is 5.68. The van der Waals surface area contributed by atoms with Crippen molar-refractivity contribution >= 4 is 33.0 Å². The van der Waals surface area contributed by atoms with Gasteiger partial charge < -0.3 is 14.3 Å². The van der Waals surface area contributed by atoms with E-state index in [9.17, 15) is 13.2 Å². The molecule has 0 unspecified atom stereocenters. The van der Waals surface area contributed by atoms with E-state index >= 15 is 0 Å². The summed E-state index contributed by atoms with van der Waals surface area (Å²) in [6.07, 6.45) is -0.0510. The standard InChI is InChI=1S/C24H26ClN3O4S/c1-17-6-7-19(22-14-18(2)26-32-22)15-23(17)33(30,31)13-8-24(29)28-11-9-27(10-12-28)21-5-3-4-20(25)16-21/h3-7,14-16H,8-13H2,1-2H3. The van der Waals surface area contributed by atoms with Crippen LogP contribution in [0.1, 0.15) is 17.7 Å². The molecule has 0 aliphatic carbocycles. The molecule has 0 saturated carbocycles. The quantitative estimate of drug-likeness (QED) is 0.520. The molecule has 0 atom stereocenters. The van der Waals surface area contributed by atoms with Crippen LogP contribution in [0.2, 0.25) is 5.02 Å². The Labute approximate surface area is 198 Å². The Morgan fingerprint density at radius 1 is 1.06 bits per heavy atom. The van der Waals surface area contributed by atoms with Crippen molar-refractivity contribution in [3.63, 3.8) is 0 Å². The van der Waals surface area contributed by atoms with Crippen LogP contribution in [-0.4, -0.2) is 56.3 Å². The molecule has 0 bridgehead atoms. The number of carbonyl (C=O) groups excluding carboxylic acids is 1. The maximum atomic E-state index is 13.1. The number of carbonyl (C=O) groups is 1. The van der Waals surface area contributed by atoms with Crippen LogP contribution in [0.5, 0.6) is 0 Å². The van der Waals surface area contributed by atoms with E-state index in [0.29, 0.717) is 48.1 Å². The summed E-state index contributed by atoms with van der Waals surface area (Å²) < 4.78 is 31.4. The van der Waals surface area contributed by atoms with E-state index in [2.05, 4.69) is 10.1 Å². The Kier molecular flexibility index (Phi) is 6.76. The molecule has 4 rings (SSSR count). The Morgan fingerprint density at radius 3 is 2.48 bits per heavy atom. The fraction of sp³-hybridized carbons (Fsp3) is 0.333. The van der Waals surface area contributed by atoms with Crippen molar-refractivity contribution in [2.45, 2.75) is 25.2 Å². The van der Waals surface area contributed by atoms with Gasteiger partial charge in [-0.15, -0.1) is 0 Å². The summed E-state index contributed by atoms with van der Waals surface area (Å²) in [4.78, 5) is 16.9. The van der Waals surface area contributed by atoms with Crippen LogP contribution in [-0.2, 0) is 14.6 Å². The number of hydrogen-bond acceptors (Lipinski definition) is 6. The third-order valence-corrected chi connectivity index (χ3v) is 7.91. The molecule has 1 saturated heterocycles. The number of piperazine rings is 1.